The van der Waals surface area contributed by atoms with Crippen molar-refractivity contribution in [2.45, 2.75) is 25.5 Å². The van der Waals surface area contributed by atoms with Crippen LogP contribution in [0, 0.1) is 0 Å². The zero-order chi connectivity index (χ0) is 18.4. The van der Waals surface area contributed by atoms with Crippen molar-refractivity contribution in [2.75, 3.05) is 18.8 Å². The maximum absolute atomic E-state index is 9.68. The monoisotopic (exact) mass is 380 g/mol. The number of anilines is 1. The fourth-order valence-electron chi connectivity index (χ4n) is 3.66. The van der Waals surface area contributed by atoms with E-state index in [0.29, 0.717) is 11.6 Å². The van der Waals surface area contributed by atoms with E-state index in [9.17, 15) is 5.11 Å². The molecule has 1 aromatic carbocycles. The average Bonchev–Trinajstić information content (AvgIpc) is 3.30. The van der Waals surface area contributed by atoms with Crippen LogP contribution in [0.1, 0.15) is 17.7 Å². The zero-order valence-corrected chi connectivity index (χ0v) is 15.5. The third kappa shape index (κ3) is 3.05. The Hall–Kier alpha value is -2.55. The number of aromatic amines is 1. The number of hydrogen-bond acceptors (Lipinski definition) is 7. The predicted molar refractivity (Wildman–Crippen MR) is 107 cm³/mol. The molecular formula is C19H20N6OS. The number of aromatic nitrogens is 4. The van der Waals surface area contributed by atoms with Gasteiger partial charge in [-0.2, -0.15) is 5.10 Å². The summed E-state index contributed by atoms with van der Waals surface area (Å²) in [5, 5.41) is 17.8. The number of piperidine rings is 1. The SMILES string of the molecule is Nc1nc(-c2cccc3[nH]ncc23)nc2cc(CN3CCC(O)CC3)sc12. The summed E-state index contributed by atoms with van der Waals surface area (Å²) in [4.78, 5) is 12.9. The van der Waals surface area contributed by atoms with Gasteiger partial charge in [-0.3, -0.25) is 10.00 Å². The maximum Gasteiger partial charge on any atom is 0.162 e. The third-order valence-electron chi connectivity index (χ3n) is 5.11. The topological polar surface area (TPSA) is 104 Å². The molecule has 0 bridgehead atoms. The molecule has 1 aliphatic heterocycles. The van der Waals surface area contributed by atoms with Crippen molar-refractivity contribution in [3.05, 3.63) is 35.3 Å². The minimum absolute atomic E-state index is 0.154. The molecule has 1 aliphatic rings. The number of likely N-dealkylation sites (tertiary alicyclic amines) is 1. The van der Waals surface area contributed by atoms with Gasteiger partial charge in [-0.1, -0.05) is 12.1 Å². The van der Waals surface area contributed by atoms with Gasteiger partial charge in [0, 0.05) is 35.5 Å². The number of nitrogens with zero attached hydrogens (tertiary/aromatic N) is 4. The number of H-pyrrole nitrogens is 1. The molecule has 0 unspecified atom stereocenters. The molecule has 7 nitrogen and oxygen atoms in total. The second-order valence-electron chi connectivity index (χ2n) is 7.00. The fourth-order valence-corrected chi connectivity index (χ4v) is 4.70. The van der Waals surface area contributed by atoms with E-state index in [1.165, 1.54) is 4.88 Å². The van der Waals surface area contributed by atoms with Crippen LogP contribution in [0.15, 0.2) is 30.5 Å². The normalized spacial score (nSPS) is 16.5. The van der Waals surface area contributed by atoms with E-state index in [0.717, 1.165) is 59.2 Å². The van der Waals surface area contributed by atoms with Crippen LogP contribution in [0.3, 0.4) is 0 Å². The highest BCUT2D eigenvalue weighted by atomic mass is 32.1. The van der Waals surface area contributed by atoms with E-state index in [4.69, 9.17) is 10.7 Å². The number of thiophene rings is 1. The number of nitrogen functional groups attached to an aromatic ring is 1. The average molecular weight is 380 g/mol. The molecule has 0 spiro atoms. The molecule has 27 heavy (non-hydrogen) atoms. The Morgan fingerprint density at radius 1 is 1.26 bits per heavy atom. The van der Waals surface area contributed by atoms with Gasteiger partial charge in [0.2, 0.25) is 0 Å². The van der Waals surface area contributed by atoms with Crippen LogP contribution in [0.2, 0.25) is 0 Å². The minimum atomic E-state index is -0.154. The van der Waals surface area contributed by atoms with Crippen LogP contribution >= 0.6 is 11.3 Å². The van der Waals surface area contributed by atoms with Crippen molar-refractivity contribution in [1.82, 2.24) is 25.1 Å². The molecule has 4 N–H and O–H groups in total. The van der Waals surface area contributed by atoms with Gasteiger partial charge in [0.1, 0.15) is 5.82 Å². The standard InChI is InChI=1S/C19H20N6OS/c20-18-17-16(8-12(27-17)10-25-6-4-11(26)5-7-25)22-19(23-18)13-2-1-3-15-14(13)9-21-24-15/h1-3,8-9,11,26H,4-7,10H2,(H,21,24)(H2,20,22,23). The first-order valence-electron chi connectivity index (χ1n) is 9.06. The first-order valence-corrected chi connectivity index (χ1v) is 9.88. The van der Waals surface area contributed by atoms with Crippen molar-refractivity contribution >= 4 is 38.3 Å². The molecule has 5 rings (SSSR count). The van der Waals surface area contributed by atoms with E-state index < -0.39 is 0 Å². The predicted octanol–water partition coefficient (Wildman–Crippen LogP) is 2.77. The largest absolute Gasteiger partial charge is 0.393 e. The Bertz CT molecular complexity index is 1110. The molecular weight excluding hydrogens is 360 g/mol. The first-order chi connectivity index (χ1) is 13.2. The zero-order valence-electron chi connectivity index (χ0n) is 14.7. The Morgan fingerprint density at radius 2 is 2.11 bits per heavy atom. The first kappa shape index (κ1) is 16.6. The van der Waals surface area contributed by atoms with Gasteiger partial charge in [-0.15, -0.1) is 11.3 Å². The lowest BCUT2D eigenvalue weighted by Crippen LogP contribution is -2.35. The summed E-state index contributed by atoms with van der Waals surface area (Å²) in [7, 11) is 0. The quantitative estimate of drug-likeness (QED) is 0.505. The van der Waals surface area contributed by atoms with Crippen LogP contribution in [-0.2, 0) is 6.54 Å². The van der Waals surface area contributed by atoms with Crippen LogP contribution in [0.5, 0.6) is 0 Å². The Morgan fingerprint density at radius 3 is 2.96 bits per heavy atom. The molecule has 0 amide bonds. The van der Waals surface area contributed by atoms with Gasteiger partial charge in [0.15, 0.2) is 5.82 Å². The van der Waals surface area contributed by atoms with Crippen LogP contribution < -0.4 is 5.73 Å². The van der Waals surface area contributed by atoms with Crippen LogP contribution in [-0.4, -0.2) is 49.4 Å². The number of rotatable bonds is 3. The van der Waals surface area contributed by atoms with Crippen LogP contribution in [0.4, 0.5) is 5.82 Å². The fraction of sp³-hybridized carbons (Fsp3) is 0.316. The molecule has 138 valence electrons. The van der Waals surface area contributed by atoms with E-state index >= 15 is 0 Å². The van der Waals surface area contributed by atoms with Gasteiger partial charge in [0.25, 0.3) is 0 Å². The molecule has 3 aromatic heterocycles. The van der Waals surface area contributed by atoms with E-state index in [1.54, 1.807) is 17.5 Å². The highest BCUT2D eigenvalue weighted by Gasteiger charge is 2.19. The number of benzene rings is 1. The van der Waals surface area contributed by atoms with E-state index in [-0.39, 0.29) is 6.10 Å². The molecule has 1 saturated heterocycles. The molecule has 0 saturated carbocycles. The number of aliphatic hydroxyl groups is 1. The van der Waals surface area contributed by atoms with Gasteiger partial charge < -0.3 is 10.8 Å². The Kier molecular flexibility index (Phi) is 4.04. The van der Waals surface area contributed by atoms with Gasteiger partial charge in [-0.05, 0) is 25.0 Å². The maximum atomic E-state index is 9.68. The lowest BCUT2D eigenvalue weighted by molar-refractivity contribution is 0.0797. The second kappa shape index (κ2) is 6.56. The lowest BCUT2D eigenvalue weighted by atomic mass is 10.1. The number of nitrogens with two attached hydrogens (primary N) is 1. The highest BCUT2D eigenvalue weighted by molar-refractivity contribution is 7.19. The van der Waals surface area contributed by atoms with Crippen LogP contribution in [0.25, 0.3) is 32.5 Å². The molecule has 0 radical (unpaired) electrons. The molecule has 0 aliphatic carbocycles. The van der Waals surface area contributed by atoms with Crippen molar-refractivity contribution in [3.8, 4) is 11.4 Å². The van der Waals surface area contributed by atoms with Crippen molar-refractivity contribution in [3.63, 3.8) is 0 Å². The molecule has 1 fully saturated rings. The summed E-state index contributed by atoms with van der Waals surface area (Å²) in [5.74, 6) is 1.14. The molecule has 4 heterocycles. The number of aliphatic hydroxyl groups excluding tert-OH is 1. The smallest absolute Gasteiger partial charge is 0.162 e. The highest BCUT2D eigenvalue weighted by Crippen LogP contribution is 2.33. The van der Waals surface area contributed by atoms with E-state index in [1.807, 2.05) is 18.2 Å². The molecule has 4 aromatic rings. The summed E-state index contributed by atoms with van der Waals surface area (Å²) in [6, 6.07) is 8.04. The molecule has 8 heteroatoms. The van der Waals surface area contributed by atoms with Gasteiger partial charge >= 0.3 is 0 Å². The number of fused-ring (bicyclic) bond motifs is 2. The number of nitrogens with one attached hydrogen (secondary N) is 1. The van der Waals surface area contributed by atoms with Crippen molar-refractivity contribution in [1.29, 1.82) is 0 Å². The van der Waals surface area contributed by atoms with Crippen molar-refractivity contribution < 1.29 is 5.11 Å². The summed E-state index contributed by atoms with van der Waals surface area (Å²) in [5.41, 5.74) is 9.03. The summed E-state index contributed by atoms with van der Waals surface area (Å²) in [6.45, 7) is 2.70. The molecule has 0 atom stereocenters. The Balaban J connectivity index is 1.50. The Labute approximate surface area is 159 Å². The summed E-state index contributed by atoms with van der Waals surface area (Å²) in [6.07, 6.45) is 3.31. The third-order valence-corrected chi connectivity index (χ3v) is 6.24. The minimum Gasteiger partial charge on any atom is -0.393 e. The lowest BCUT2D eigenvalue weighted by Gasteiger charge is -2.28. The van der Waals surface area contributed by atoms with Gasteiger partial charge in [-0.25, -0.2) is 9.97 Å². The van der Waals surface area contributed by atoms with Gasteiger partial charge in [0.05, 0.1) is 28.0 Å². The second-order valence-corrected chi connectivity index (χ2v) is 8.14. The summed E-state index contributed by atoms with van der Waals surface area (Å²) < 4.78 is 0.935. The number of hydrogen-bond donors (Lipinski definition) is 3. The summed E-state index contributed by atoms with van der Waals surface area (Å²) >= 11 is 1.65. The van der Waals surface area contributed by atoms with E-state index in [2.05, 4.69) is 26.1 Å². The van der Waals surface area contributed by atoms with Crippen molar-refractivity contribution in [2.24, 2.45) is 0 Å².